The van der Waals surface area contributed by atoms with Gasteiger partial charge in [0.25, 0.3) is 5.88 Å². The van der Waals surface area contributed by atoms with Crippen molar-refractivity contribution in [3.63, 3.8) is 0 Å². The minimum atomic E-state index is -0.844. The Morgan fingerprint density at radius 3 is 2.35 bits per heavy atom. The van der Waals surface area contributed by atoms with Crippen LogP contribution in [0.5, 0.6) is 17.5 Å². The van der Waals surface area contributed by atoms with Gasteiger partial charge >= 0.3 is 0 Å². The number of carbonyl (C=O) groups is 2. The summed E-state index contributed by atoms with van der Waals surface area (Å²) in [6.07, 6.45) is 3.26. The molecule has 5 N–H and O–H groups in total. The van der Waals surface area contributed by atoms with Gasteiger partial charge in [-0.2, -0.15) is 0 Å². The van der Waals surface area contributed by atoms with Crippen LogP contribution in [-0.4, -0.2) is 184 Å². The lowest BCUT2D eigenvalue weighted by Gasteiger charge is -2.50. The summed E-state index contributed by atoms with van der Waals surface area (Å²) in [7, 11) is 2.02. The average molecular weight is 1080 g/mol. The standard InChI is InChI=1S/C57H71N13O7S/c1-36(2)52(56(74)70-32-43(71)27-47(70)55(73)61-57(33-65(4)34-57)40-11-9-39(10-12-40)53-37(3)60-35-78-53)49-29-51(64-77-49)76-24-22-67-19-17-66(18-20-67)21-23-75-50-26-41(13-15-59-50)69-30-38-14-16-68(31-42(69)25-38)46-28-45(62-63-54(46)58)44-7-5-6-8-48(44)72/h5-13,15,26,28-29,35-36,38,42-43,47,52,71-72H,14,16-25,27,30-34H2,1-4H3,(H2,58,63)(H,61,73)/t38?,42?,43-,47+,52+/m1/s1. The van der Waals surface area contributed by atoms with Crippen molar-refractivity contribution in [2.45, 2.75) is 69.7 Å². The van der Waals surface area contributed by atoms with Gasteiger partial charge in [0.05, 0.1) is 39.1 Å². The number of aliphatic hydroxyl groups is 1. The molecule has 78 heavy (non-hydrogen) atoms. The summed E-state index contributed by atoms with van der Waals surface area (Å²) in [5.41, 5.74) is 13.8. The van der Waals surface area contributed by atoms with Crippen LogP contribution in [0.1, 0.15) is 56.0 Å². The maximum atomic E-state index is 14.5. The molecule has 412 valence electrons. The van der Waals surface area contributed by atoms with Gasteiger partial charge in [-0.3, -0.25) is 19.4 Å². The molecule has 5 saturated heterocycles. The number of aliphatic hydroxyl groups excluding tert-OH is 1. The van der Waals surface area contributed by atoms with Crippen molar-refractivity contribution in [3.05, 3.63) is 102 Å². The van der Waals surface area contributed by atoms with Gasteiger partial charge in [-0.15, -0.1) is 21.5 Å². The molecule has 5 atom stereocenters. The van der Waals surface area contributed by atoms with Gasteiger partial charge in [-0.1, -0.05) is 50.2 Å². The number of aromatic nitrogens is 5. The molecule has 0 radical (unpaired) electrons. The minimum Gasteiger partial charge on any atom is -0.507 e. The number of aryl methyl sites for hydroxylation is 1. The molecule has 5 fully saturated rings. The topological polar surface area (TPSA) is 228 Å². The van der Waals surface area contributed by atoms with Crippen LogP contribution in [0.2, 0.25) is 0 Å². The monoisotopic (exact) mass is 1080 g/mol. The van der Waals surface area contributed by atoms with Crippen LogP contribution in [0.15, 0.2) is 89.0 Å². The second-order valence-electron chi connectivity index (χ2n) is 22.2. The molecule has 11 rings (SSSR count). The lowest BCUT2D eigenvalue weighted by atomic mass is 9.81. The van der Waals surface area contributed by atoms with E-state index in [1.165, 1.54) is 4.90 Å². The van der Waals surface area contributed by atoms with Crippen molar-refractivity contribution in [1.82, 2.24) is 50.2 Å². The fourth-order valence-corrected chi connectivity index (χ4v) is 13.1. The van der Waals surface area contributed by atoms with E-state index < -0.39 is 23.6 Å². The number of phenols is 1. The van der Waals surface area contributed by atoms with Crippen LogP contribution in [0.25, 0.3) is 21.7 Å². The van der Waals surface area contributed by atoms with E-state index >= 15 is 0 Å². The fraction of sp³-hybridized carbons (Fsp3) is 0.491. The number of β-amino-alcohol motifs (C(OH)–C–C–N with tert-alkyl or cyclic N) is 1. The second kappa shape index (κ2) is 22.8. The van der Waals surface area contributed by atoms with Crippen molar-refractivity contribution < 1.29 is 33.8 Å². The van der Waals surface area contributed by atoms with Crippen LogP contribution < -0.4 is 30.3 Å². The molecule has 6 aromatic rings. The van der Waals surface area contributed by atoms with E-state index in [9.17, 15) is 19.8 Å². The third-order valence-electron chi connectivity index (χ3n) is 16.4. The molecule has 9 heterocycles. The minimum absolute atomic E-state index is 0.0504. The highest BCUT2D eigenvalue weighted by molar-refractivity contribution is 7.13. The molecule has 2 aromatic carbocycles. The van der Waals surface area contributed by atoms with Gasteiger partial charge in [-0.05, 0) is 79.2 Å². The molecule has 2 amide bonds. The summed E-state index contributed by atoms with van der Waals surface area (Å²) in [6, 6.07) is 22.6. The van der Waals surface area contributed by atoms with Crippen LogP contribution in [0.3, 0.4) is 0 Å². The number of hydrogen-bond acceptors (Lipinski definition) is 19. The number of aromatic hydroxyl groups is 1. The van der Waals surface area contributed by atoms with Gasteiger partial charge < -0.3 is 54.9 Å². The first kappa shape index (κ1) is 53.1. The number of thiazole rings is 1. The number of ether oxygens (including phenoxy) is 2. The van der Waals surface area contributed by atoms with Crippen molar-refractivity contribution in [3.8, 4) is 39.2 Å². The molecule has 20 nitrogen and oxygen atoms in total. The number of fused-ring (bicyclic) bond motifs is 2. The SMILES string of the molecule is Cc1ncsc1-c1ccc(C2(NC(=O)[C@@H]3C[C@@H](O)CN3C(=O)[C@H](c3cc(OCCN4CCN(CCOc5cc(N6CC7CCN(c8cc(-c9ccccc9O)nnc8N)CC6C7)ccn5)CC4)no3)C(C)C)CN(C)C2)cc1. The Labute approximate surface area is 459 Å². The van der Waals surface area contributed by atoms with E-state index in [1.807, 2.05) is 57.7 Å². The number of nitrogen functional groups attached to an aromatic ring is 1. The van der Waals surface area contributed by atoms with Gasteiger partial charge in [0.1, 0.15) is 30.9 Å². The predicted octanol–water partition coefficient (Wildman–Crippen LogP) is 5.09. The van der Waals surface area contributed by atoms with Crippen molar-refractivity contribution in [2.75, 3.05) is 114 Å². The number of pyridine rings is 1. The Balaban J connectivity index is 0.629. The van der Waals surface area contributed by atoms with E-state index in [4.69, 9.17) is 19.7 Å². The summed E-state index contributed by atoms with van der Waals surface area (Å²) in [5, 5.41) is 37.5. The van der Waals surface area contributed by atoms with E-state index in [2.05, 4.69) is 91.5 Å². The second-order valence-corrected chi connectivity index (χ2v) is 23.0. The van der Waals surface area contributed by atoms with E-state index in [1.54, 1.807) is 29.5 Å². The summed E-state index contributed by atoms with van der Waals surface area (Å²) in [5.74, 6) is 0.875. The fourth-order valence-electron chi connectivity index (χ4n) is 12.3. The van der Waals surface area contributed by atoms with Crippen molar-refractivity contribution in [2.24, 2.45) is 11.8 Å². The number of likely N-dealkylation sites (N-methyl/N-ethyl adjacent to an activating group) is 1. The Hall–Kier alpha value is -6.91. The number of piperazine rings is 1. The average Bonchev–Trinajstić information content (AvgIpc) is 4.30. The Morgan fingerprint density at radius 1 is 0.897 bits per heavy atom. The van der Waals surface area contributed by atoms with Crippen LogP contribution in [0, 0.1) is 18.8 Å². The van der Waals surface area contributed by atoms with Crippen molar-refractivity contribution >= 4 is 40.3 Å². The molecule has 0 spiro atoms. The zero-order chi connectivity index (χ0) is 54.1. The largest absolute Gasteiger partial charge is 0.507 e. The number of nitrogens with one attached hydrogen (secondary N) is 1. The third-order valence-corrected chi connectivity index (χ3v) is 17.4. The number of nitrogens with zero attached hydrogens (tertiary/aromatic N) is 11. The predicted molar refractivity (Wildman–Crippen MR) is 298 cm³/mol. The third kappa shape index (κ3) is 11.3. The smallest absolute Gasteiger partial charge is 0.254 e. The Bertz CT molecular complexity index is 3050. The van der Waals surface area contributed by atoms with E-state index in [0.717, 1.165) is 98.3 Å². The van der Waals surface area contributed by atoms with E-state index in [-0.39, 0.29) is 42.5 Å². The first-order valence-corrected chi connectivity index (χ1v) is 28.2. The Morgan fingerprint density at radius 2 is 1.64 bits per heavy atom. The molecular formula is C57H71N13O7S. The molecule has 4 aromatic heterocycles. The number of benzene rings is 2. The number of likely N-dealkylation sites (tertiary alicyclic amines) is 2. The summed E-state index contributed by atoms with van der Waals surface area (Å²) in [4.78, 5) is 52.0. The molecule has 0 saturated carbocycles. The number of rotatable bonds is 18. The van der Waals surface area contributed by atoms with Gasteiger partial charge in [0.2, 0.25) is 17.7 Å². The van der Waals surface area contributed by atoms with Gasteiger partial charge in [-0.25, -0.2) is 9.97 Å². The molecule has 5 aliphatic rings. The normalized spacial score (nSPS) is 22.1. The quantitative estimate of drug-likeness (QED) is 0.0879. The number of carbonyl (C=O) groups excluding carboxylic acids is 2. The number of hydrogen-bond donors (Lipinski definition) is 4. The molecule has 2 unspecified atom stereocenters. The molecule has 21 heteroatoms. The number of nitrogens with two attached hydrogens (primary N) is 1. The zero-order valence-electron chi connectivity index (χ0n) is 44.9. The zero-order valence-corrected chi connectivity index (χ0v) is 45.7. The van der Waals surface area contributed by atoms with Gasteiger partial charge in [0, 0.05) is 121 Å². The maximum absolute atomic E-state index is 14.5. The first-order valence-electron chi connectivity index (χ1n) is 27.3. The van der Waals surface area contributed by atoms with Crippen LogP contribution in [-0.2, 0) is 15.1 Å². The lowest BCUT2D eigenvalue weighted by molar-refractivity contribution is -0.142. The highest BCUT2D eigenvalue weighted by atomic mass is 32.1. The number of amides is 2. The van der Waals surface area contributed by atoms with Gasteiger partial charge in [0.15, 0.2) is 11.6 Å². The highest BCUT2D eigenvalue weighted by Gasteiger charge is 2.49. The Kier molecular flexibility index (Phi) is 15.5. The van der Waals surface area contributed by atoms with Crippen molar-refractivity contribution in [1.29, 1.82) is 0 Å². The number of anilines is 3. The van der Waals surface area contributed by atoms with Crippen LogP contribution in [0.4, 0.5) is 17.2 Å². The number of phenolic OH excluding ortho intramolecular Hbond substituents is 1. The first-order chi connectivity index (χ1) is 37.8. The molecule has 5 aliphatic heterocycles. The molecule has 0 aliphatic carbocycles. The summed E-state index contributed by atoms with van der Waals surface area (Å²) >= 11 is 1.60. The molecular weight excluding hydrogens is 1010 g/mol. The summed E-state index contributed by atoms with van der Waals surface area (Å²) < 4.78 is 18.1. The summed E-state index contributed by atoms with van der Waals surface area (Å²) in [6.45, 7) is 15.8. The molecule has 2 bridgehead atoms. The number of para-hydroxylation sites is 1. The van der Waals surface area contributed by atoms with E-state index in [0.29, 0.717) is 73.4 Å². The lowest BCUT2D eigenvalue weighted by Crippen LogP contribution is -2.68. The van der Waals surface area contributed by atoms with Crippen LogP contribution >= 0.6 is 11.3 Å². The maximum Gasteiger partial charge on any atom is 0.254 e. The highest BCUT2D eigenvalue weighted by Crippen LogP contribution is 2.40.